The number of halogens is 1. The zero-order chi connectivity index (χ0) is 19.3. The molecule has 2 unspecified atom stereocenters. The van der Waals surface area contributed by atoms with E-state index in [0.717, 1.165) is 38.0 Å². The van der Waals surface area contributed by atoms with E-state index in [0.29, 0.717) is 18.6 Å². The molecule has 1 N–H and O–H groups in total. The van der Waals surface area contributed by atoms with Crippen LogP contribution >= 0.6 is 0 Å². The minimum Gasteiger partial charge on any atom is -0.378 e. The van der Waals surface area contributed by atoms with E-state index in [1.54, 1.807) is 6.07 Å². The molecule has 3 rings (SSSR count). The molecule has 2 aromatic carbocycles. The summed E-state index contributed by atoms with van der Waals surface area (Å²) in [5.41, 5.74) is 3.56. The highest BCUT2D eigenvalue weighted by Gasteiger charge is 2.39. The van der Waals surface area contributed by atoms with Crippen LogP contribution in [0.4, 0.5) is 4.39 Å². The molecule has 1 saturated heterocycles. The minimum atomic E-state index is -0.135. The van der Waals surface area contributed by atoms with Crippen molar-refractivity contribution in [3.05, 3.63) is 71.0 Å². The fourth-order valence-electron chi connectivity index (χ4n) is 4.11. The number of benzene rings is 2. The van der Waals surface area contributed by atoms with E-state index in [4.69, 9.17) is 4.74 Å². The fourth-order valence-corrected chi connectivity index (χ4v) is 4.11. The zero-order valence-electron chi connectivity index (χ0n) is 16.8. The molecule has 0 saturated carbocycles. The maximum atomic E-state index is 13.8. The molecule has 0 radical (unpaired) electrons. The molecule has 0 bridgehead atoms. The minimum absolute atomic E-state index is 0.128. The molecule has 2 aromatic rings. The summed E-state index contributed by atoms with van der Waals surface area (Å²) in [6.07, 6.45) is 3.43. The number of aryl methyl sites for hydroxylation is 1. The van der Waals surface area contributed by atoms with Crippen LogP contribution in [0.3, 0.4) is 0 Å². The highest BCUT2D eigenvalue weighted by Crippen LogP contribution is 2.41. The molecule has 1 aliphatic rings. The lowest BCUT2D eigenvalue weighted by Crippen LogP contribution is -2.42. The average Bonchev–Trinajstić information content (AvgIpc) is 2.67. The van der Waals surface area contributed by atoms with Crippen LogP contribution in [-0.4, -0.2) is 19.3 Å². The summed E-state index contributed by atoms with van der Waals surface area (Å²) >= 11 is 0. The molecule has 0 aromatic heterocycles. The SMILES string of the molecule is Cc1ccc(C2(CCNCc3ccccc3F)CCOC(C(C)C)C2)cc1. The van der Waals surface area contributed by atoms with E-state index < -0.39 is 0 Å². The highest BCUT2D eigenvalue weighted by atomic mass is 19.1. The molecule has 1 heterocycles. The molecule has 2 nitrogen and oxygen atoms in total. The Hall–Kier alpha value is -1.71. The van der Waals surface area contributed by atoms with Gasteiger partial charge in [-0.1, -0.05) is 61.9 Å². The first-order valence-electron chi connectivity index (χ1n) is 10.1. The molecule has 0 spiro atoms. The molecule has 0 aliphatic carbocycles. The van der Waals surface area contributed by atoms with Crippen molar-refractivity contribution in [3.8, 4) is 0 Å². The van der Waals surface area contributed by atoms with Crippen molar-refractivity contribution in [1.82, 2.24) is 5.32 Å². The van der Waals surface area contributed by atoms with Gasteiger partial charge in [-0.3, -0.25) is 0 Å². The normalized spacial score (nSPS) is 22.9. The maximum absolute atomic E-state index is 13.8. The molecular weight excluding hydrogens is 337 g/mol. The van der Waals surface area contributed by atoms with Gasteiger partial charge in [-0.2, -0.15) is 0 Å². The lowest BCUT2D eigenvalue weighted by atomic mass is 9.68. The van der Waals surface area contributed by atoms with E-state index in [2.05, 4.69) is 50.4 Å². The molecule has 146 valence electrons. The first-order chi connectivity index (χ1) is 13.0. The van der Waals surface area contributed by atoms with E-state index in [9.17, 15) is 4.39 Å². The second-order valence-corrected chi connectivity index (χ2v) is 8.27. The smallest absolute Gasteiger partial charge is 0.127 e. The van der Waals surface area contributed by atoms with Crippen LogP contribution in [0.1, 0.15) is 49.8 Å². The summed E-state index contributed by atoms with van der Waals surface area (Å²) in [7, 11) is 0. The molecule has 3 heteroatoms. The number of hydrogen-bond acceptors (Lipinski definition) is 2. The number of nitrogens with one attached hydrogen (secondary N) is 1. The van der Waals surface area contributed by atoms with Gasteiger partial charge in [0, 0.05) is 24.1 Å². The Kier molecular flexibility index (Phi) is 6.67. The van der Waals surface area contributed by atoms with E-state index in [1.165, 1.54) is 17.2 Å². The predicted octanol–water partition coefficient (Wildman–Crippen LogP) is 5.39. The van der Waals surface area contributed by atoms with Crippen LogP contribution in [0.15, 0.2) is 48.5 Å². The largest absolute Gasteiger partial charge is 0.378 e. The lowest BCUT2D eigenvalue weighted by Gasteiger charge is -2.43. The third kappa shape index (κ3) is 4.97. The monoisotopic (exact) mass is 369 g/mol. The van der Waals surface area contributed by atoms with Gasteiger partial charge >= 0.3 is 0 Å². The van der Waals surface area contributed by atoms with Crippen LogP contribution in [0.5, 0.6) is 0 Å². The van der Waals surface area contributed by atoms with Gasteiger partial charge in [-0.25, -0.2) is 4.39 Å². The van der Waals surface area contributed by atoms with Gasteiger partial charge in [-0.05, 0) is 50.3 Å². The predicted molar refractivity (Wildman–Crippen MR) is 109 cm³/mol. The highest BCUT2D eigenvalue weighted by molar-refractivity contribution is 5.30. The Morgan fingerprint density at radius 3 is 2.59 bits per heavy atom. The van der Waals surface area contributed by atoms with E-state index >= 15 is 0 Å². The molecular formula is C24H32FNO. The van der Waals surface area contributed by atoms with Gasteiger partial charge < -0.3 is 10.1 Å². The Bertz CT molecular complexity index is 727. The topological polar surface area (TPSA) is 21.3 Å². The number of rotatable bonds is 7. The lowest BCUT2D eigenvalue weighted by molar-refractivity contribution is -0.0469. The Morgan fingerprint density at radius 2 is 1.89 bits per heavy atom. The third-order valence-corrected chi connectivity index (χ3v) is 5.97. The van der Waals surface area contributed by atoms with Gasteiger partial charge in [-0.15, -0.1) is 0 Å². The number of hydrogen-bond donors (Lipinski definition) is 1. The molecule has 0 amide bonds. The standard InChI is InChI=1S/C24H32FNO/c1-18(2)23-16-24(13-15-27-23,21-10-8-19(3)9-11-21)12-14-26-17-20-6-4-5-7-22(20)25/h4-11,18,23,26H,12-17H2,1-3H3. The van der Waals surface area contributed by atoms with Crippen molar-refractivity contribution in [1.29, 1.82) is 0 Å². The Morgan fingerprint density at radius 1 is 1.15 bits per heavy atom. The molecule has 1 fully saturated rings. The fraction of sp³-hybridized carbons (Fsp3) is 0.500. The van der Waals surface area contributed by atoms with Crippen LogP contribution < -0.4 is 5.32 Å². The van der Waals surface area contributed by atoms with Gasteiger partial charge in [0.1, 0.15) is 5.82 Å². The summed E-state index contributed by atoms with van der Waals surface area (Å²) in [5, 5.41) is 3.46. The third-order valence-electron chi connectivity index (χ3n) is 5.97. The van der Waals surface area contributed by atoms with Gasteiger partial charge in [0.15, 0.2) is 0 Å². The number of ether oxygens (including phenoxy) is 1. The second kappa shape index (κ2) is 8.99. The van der Waals surface area contributed by atoms with Crippen LogP contribution in [0.25, 0.3) is 0 Å². The van der Waals surface area contributed by atoms with Gasteiger partial charge in [0.2, 0.25) is 0 Å². The van der Waals surface area contributed by atoms with Gasteiger partial charge in [0.05, 0.1) is 6.10 Å². The average molecular weight is 370 g/mol. The van der Waals surface area contributed by atoms with Crippen molar-refractivity contribution < 1.29 is 9.13 Å². The first-order valence-corrected chi connectivity index (χ1v) is 10.1. The van der Waals surface area contributed by atoms with E-state index in [-0.39, 0.29) is 11.2 Å². The quantitative estimate of drug-likeness (QED) is 0.661. The molecule has 2 atom stereocenters. The Balaban J connectivity index is 1.70. The van der Waals surface area contributed by atoms with Crippen molar-refractivity contribution >= 4 is 0 Å². The summed E-state index contributed by atoms with van der Waals surface area (Å²) in [5.74, 6) is 0.380. The van der Waals surface area contributed by atoms with Crippen molar-refractivity contribution in [2.45, 2.75) is 58.1 Å². The van der Waals surface area contributed by atoms with Crippen LogP contribution in [-0.2, 0) is 16.7 Å². The van der Waals surface area contributed by atoms with Crippen molar-refractivity contribution in [2.75, 3.05) is 13.2 Å². The second-order valence-electron chi connectivity index (χ2n) is 8.27. The first kappa shape index (κ1) is 20.0. The summed E-state index contributed by atoms with van der Waals surface area (Å²) < 4.78 is 19.9. The van der Waals surface area contributed by atoms with E-state index in [1.807, 2.05) is 12.1 Å². The maximum Gasteiger partial charge on any atom is 0.127 e. The Labute approximate surface area is 163 Å². The van der Waals surface area contributed by atoms with Crippen molar-refractivity contribution in [2.24, 2.45) is 5.92 Å². The van der Waals surface area contributed by atoms with Crippen molar-refractivity contribution in [3.63, 3.8) is 0 Å². The molecule has 27 heavy (non-hydrogen) atoms. The van der Waals surface area contributed by atoms with Crippen LogP contribution in [0, 0.1) is 18.7 Å². The molecule has 1 aliphatic heterocycles. The zero-order valence-corrected chi connectivity index (χ0v) is 16.8. The summed E-state index contributed by atoms with van der Waals surface area (Å²) in [4.78, 5) is 0. The summed E-state index contributed by atoms with van der Waals surface area (Å²) in [6.45, 7) is 8.86. The van der Waals surface area contributed by atoms with Crippen LogP contribution in [0.2, 0.25) is 0 Å². The van der Waals surface area contributed by atoms with Gasteiger partial charge in [0.25, 0.3) is 0 Å². The summed E-state index contributed by atoms with van der Waals surface area (Å²) in [6, 6.07) is 16.0.